The van der Waals surface area contributed by atoms with E-state index in [2.05, 4.69) is 62.5 Å². The maximum Gasteiger partial charge on any atom is 0.0219 e. The van der Waals surface area contributed by atoms with Gasteiger partial charge in [0.25, 0.3) is 0 Å². The van der Waals surface area contributed by atoms with Gasteiger partial charge in [0.2, 0.25) is 0 Å². The highest BCUT2D eigenvalue weighted by Crippen LogP contribution is 2.34. The Morgan fingerprint density at radius 2 is 1.62 bits per heavy atom. The molecule has 2 aromatic carbocycles. The van der Waals surface area contributed by atoms with Crippen molar-refractivity contribution < 1.29 is 0 Å². The molecule has 2 heteroatoms. The molecule has 1 aliphatic carbocycles. The molecule has 0 radical (unpaired) electrons. The molecule has 2 aromatic rings. The molecule has 3 rings (SSSR count). The second-order valence-electron chi connectivity index (χ2n) is 6.14. The van der Waals surface area contributed by atoms with E-state index in [0.717, 1.165) is 12.6 Å². The van der Waals surface area contributed by atoms with Gasteiger partial charge in [0, 0.05) is 22.4 Å². The van der Waals surface area contributed by atoms with Crippen LogP contribution in [0.3, 0.4) is 0 Å². The molecule has 0 atom stereocenters. The second-order valence-corrected chi connectivity index (χ2v) is 7.22. The van der Waals surface area contributed by atoms with E-state index in [9.17, 15) is 0 Å². The quantitative estimate of drug-likeness (QED) is 0.832. The van der Waals surface area contributed by atoms with Gasteiger partial charge in [0.1, 0.15) is 0 Å². The molecule has 1 aliphatic rings. The van der Waals surface area contributed by atoms with Crippen molar-refractivity contribution in [3.63, 3.8) is 0 Å². The Morgan fingerprint density at radius 1 is 0.952 bits per heavy atom. The van der Waals surface area contributed by atoms with Crippen LogP contribution in [0.2, 0.25) is 0 Å². The Morgan fingerprint density at radius 3 is 2.29 bits per heavy atom. The molecule has 0 aliphatic heterocycles. The van der Waals surface area contributed by atoms with Crippen molar-refractivity contribution in [1.29, 1.82) is 0 Å². The average molecular weight is 297 g/mol. The fourth-order valence-electron chi connectivity index (χ4n) is 2.52. The highest BCUT2D eigenvalue weighted by Gasteiger charge is 2.20. The van der Waals surface area contributed by atoms with Crippen molar-refractivity contribution in [1.82, 2.24) is 5.32 Å². The van der Waals surface area contributed by atoms with E-state index in [0.29, 0.717) is 0 Å². The summed E-state index contributed by atoms with van der Waals surface area (Å²) in [5.74, 6) is 0. The zero-order valence-electron chi connectivity index (χ0n) is 13.1. The number of hydrogen-bond acceptors (Lipinski definition) is 2. The van der Waals surface area contributed by atoms with E-state index in [1.165, 1.54) is 44.9 Å². The molecule has 110 valence electrons. The minimum Gasteiger partial charge on any atom is -0.310 e. The summed E-state index contributed by atoms with van der Waals surface area (Å²) in [4.78, 5) is 2.73. The van der Waals surface area contributed by atoms with Crippen LogP contribution in [0.1, 0.15) is 35.1 Å². The van der Waals surface area contributed by atoms with Crippen LogP contribution in [0.4, 0.5) is 0 Å². The van der Waals surface area contributed by atoms with Crippen LogP contribution >= 0.6 is 11.8 Å². The lowest BCUT2D eigenvalue weighted by Gasteiger charge is -2.13. The van der Waals surface area contributed by atoms with Gasteiger partial charge in [-0.3, -0.25) is 0 Å². The molecule has 0 heterocycles. The molecular weight excluding hydrogens is 274 g/mol. The van der Waals surface area contributed by atoms with E-state index >= 15 is 0 Å². The molecule has 1 fully saturated rings. The van der Waals surface area contributed by atoms with E-state index in [4.69, 9.17) is 0 Å². The second kappa shape index (κ2) is 6.25. The molecule has 0 amide bonds. The van der Waals surface area contributed by atoms with Crippen LogP contribution in [0.5, 0.6) is 0 Å². The molecule has 1 nitrogen and oxygen atoms in total. The Hall–Kier alpha value is -1.25. The van der Waals surface area contributed by atoms with Gasteiger partial charge in [-0.15, -0.1) is 0 Å². The van der Waals surface area contributed by atoms with Crippen LogP contribution in [0.15, 0.2) is 46.2 Å². The Labute approximate surface area is 132 Å². The SMILES string of the molecule is Cc1ccc(Sc2ccc(C)cc2CNC2CC2)c(C)c1. The first-order chi connectivity index (χ1) is 10.1. The first kappa shape index (κ1) is 14.7. The Bertz CT molecular complexity index is 644. The minimum absolute atomic E-state index is 0.754. The zero-order chi connectivity index (χ0) is 14.8. The predicted octanol–water partition coefficient (Wildman–Crippen LogP) is 5.02. The van der Waals surface area contributed by atoms with Crippen LogP contribution in [-0.2, 0) is 6.54 Å². The number of benzene rings is 2. The molecule has 1 saturated carbocycles. The summed E-state index contributed by atoms with van der Waals surface area (Å²) in [6, 6.07) is 14.3. The first-order valence-corrected chi connectivity index (χ1v) is 8.51. The largest absolute Gasteiger partial charge is 0.310 e. The van der Waals surface area contributed by atoms with E-state index in [1.54, 1.807) is 0 Å². The van der Waals surface area contributed by atoms with E-state index in [-0.39, 0.29) is 0 Å². The molecule has 0 spiro atoms. The summed E-state index contributed by atoms with van der Waals surface area (Å²) in [6.45, 7) is 7.51. The Balaban J connectivity index is 1.82. The van der Waals surface area contributed by atoms with E-state index in [1.807, 2.05) is 11.8 Å². The highest BCUT2D eigenvalue weighted by molar-refractivity contribution is 7.99. The van der Waals surface area contributed by atoms with Gasteiger partial charge in [-0.2, -0.15) is 0 Å². The zero-order valence-corrected chi connectivity index (χ0v) is 13.9. The number of rotatable bonds is 5. The predicted molar refractivity (Wildman–Crippen MR) is 91.1 cm³/mol. The van der Waals surface area contributed by atoms with Gasteiger partial charge in [-0.05, 0) is 56.9 Å². The third-order valence-electron chi connectivity index (χ3n) is 3.92. The maximum atomic E-state index is 3.64. The first-order valence-electron chi connectivity index (χ1n) is 7.70. The normalized spacial score (nSPS) is 14.4. The van der Waals surface area contributed by atoms with Crippen LogP contribution in [-0.4, -0.2) is 6.04 Å². The average Bonchev–Trinajstić information content (AvgIpc) is 3.26. The number of aryl methyl sites for hydroxylation is 3. The maximum absolute atomic E-state index is 3.64. The van der Waals surface area contributed by atoms with Crippen LogP contribution in [0, 0.1) is 20.8 Å². The molecule has 0 unspecified atom stereocenters. The summed E-state index contributed by atoms with van der Waals surface area (Å²) in [7, 11) is 0. The van der Waals surface area contributed by atoms with Gasteiger partial charge in [0.15, 0.2) is 0 Å². The van der Waals surface area contributed by atoms with Gasteiger partial charge < -0.3 is 5.32 Å². The fraction of sp³-hybridized carbons (Fsp3) is 0.368. The van der Waals surface area contributed by atoms with Gasteiger partial charge in [0.05, 0.1) is 0 Å². The van der Waals surface area contributed by atoms with Crippen LogP contribution in [0.25, 0.3) is 0 Å². The van der Waals surface area contributed by atoms with Crippen molar-refractivity contribution in [2.24, 2.45) is 0 Å². The standard InChI is InChI=1S/C19H23NS/c1-13-4-8-18(15(3)10-13)21-19-9-5-14(2)11-16(19)12-20-17-6-7-17/h4-5,8-11,17,20H,6-7,12H2,1-3H3. The minimum atomic E-state index is 0.754. The molecule has 0 bridgehead atoms. The molecule has 0 aromatic heterocycles. The lowest BCUT2D eigenvalue weighted by molar-refractivity contribution is 0.680. The highest BCUT2D eigenvalue weighted by atomic mass is 32.2. The molecule has 1 N–H and O–H groups in total. The summed E-state index contributed by atoms with van der Waals surface area (Å²) >= 11 is 1.89. The third-order valence-corrected chi connectivity index (χ3v) is 5.22. The number of nitrogens with one attached hydrogen (secondary N) is 1. The molecule has 0 saturated heterocycles. The Kier molecular flexibility index (Phi) is 4.37. The third kappa shape index (κ3) is 3.90. The molecule has 21 heavy (non-hydrogen) atoms. The lowest BCUT2D eigenvalue weighted by atomic mass is 10.1. The monoisotopic (exact) mass is 297 g/mol. The summed E-state index contributed by atoms with van der Waals surface area (Å²) in [6.07, 6.45) is 2.68. The lowest BCUT2D eigenvalue weighted by Crippen LogP contribution is -2.15. The van der Waals surface area contributed by atoms with Crippen molar-refractivity contribution in [3.8, 4) is 0 Å². The smallest absolute Gasteiger partial charge is 0.0219 e. The summed E-state index contributed by atoms with van der Waals surface area (Å²) < 4.78 is 0. The van der Waals surface area contributed by atoms with E-state index < -0.39 is 0 Å². The van der Waals surface area contributed by atoms with Crippen LogP contribution < -0.4 is 5.32 Å². The fourth-order valence-corrected chi connectivity index (χ4v) is 3.51. The topological polar surface area (TPSA) is 12.0 Å². The van der Waals surface area contributed by atoms with Crippen molar-refractivity contribution in [2.75, 3.05) is 0 Å². The van der Waals surface area contributed by atoms with Crippen molar-refractivity contribution in [2.45, 2.75) is 56.0 Å². The van der Waals surface area contributed by atoms with Crippen molar-refractivity contribution in [3.05, 3.63) is 58.7 Å². The van der Waals surface area contributed by atoms with Gasteiger partial charge in [-0.25, -0.2) is 0 Å². The summed E-state index contributed by atoms with van der Waals surface area (Å²) in [5, 5.41) is 3.64. The van der Waals surface area contributed by atoms with Crippen molar-refractivity contribution >= 4 is 11.8 Å². The summed E-state index contributed by atoms with van der Waals surface area (Å²) in [5.41, 5.74) is 5.46. The number of hydrogen-bond donors (Lipinski definition) is 1. The molecular formula is C19H23NS. The van der Waals surface area contributed by atoms with Gasteiger partial charge >= 0.3 is 0 Å². The van der Waals surface area contributed by atoms with Gasteiger partial charge in [-0.1, -0.05) is 47.2 Å².